The molecule has 19 heavy (non-hydrogen) atoms. The van der Waals surface area contributed by atoms with Gasteiger partial charge in [0.1, 0.15) is 0 Å². The Labute approximate surface area is 115 Å². The third-order valence-corrected chi connectivity index (χ3v) is 4.06. The monoisotopic (exact) mass is 254 g/mol. The highest BCUT2D eigenvalue weighted by Gasteiger charge is 2.20. The minimum Gasteiger partial charge on any atom is -0.267 e. The molecule has 1 aliphatic carbocycles. The predicted molar refractivity (Wildman–Crippen MR) is 79.3 cm³/mol. The maximum absolute atomic E-state index is 4.72. The van der Waals surface area contributed by atoms with Crippen LogP contribution in [0.15, 0.2) is 24.3 Å². The van der Waals surface area contributed by atoms with Crippen LogP contribution in [0.4, 0.5) is 0 Å². The van der Waals surface area contributed by atoms with Crippen LogP contribution >= 0.6 is 0 Å². The van der Waals surface area contributed by atoms with Gasteiger partial charge in [-0.05, 0) is 43.7 Å². The van der Waals surface area contributed by atoms with Gasteiger partial charge in [-0.15, -0.1) is 0 Å². The molecule has 2 aromatic rings. The molecule has 0 atom stereocenters. The number of benzene rings is 1. The number of nitrogens with zero attached hydrogens (tertiary/aromatic N) is 2. The van der Waals surface area contributed by atoms with E-state index in [1.807, 2.05) is 0 Å². The van der Waals surface area contributed by atoms with Crippen molar-refractivity contribution in [2.75, 3.05) is 0 Å². The first kappa shape index (κ1) is 12.5. The number of aromatic nitrogens is 2. The number of hydrogen-bond donors (Lipinski definition) is 0. The molecular weight excluding hydrogens is 232 g/mol. The third-order valence-electron chi connectivity index (χ3n) is 4.06. The molecule has 1 heterocycles. The quantitative estimate of drug-likeness (QED) is 0.811. The molecule has 1 aromatic carbocycles. The van der Waals surface area contributed by atoms with Crippen molar-refractivity contribution in [1.82, 2.24) is 9.78 Å². The van der Waals surface area contributed by atoms with Crippen molar-refractivity contribution in [3.63, 3.8) is 0 Å². The highest BCUT2D eigenvalue weighted by atomic mass is 15.3. The van der Waals surface area contributed by atoms with Gasteiger partial charge in [0.05, 0.1) is 11.4 Å². The fourth-order valence-corrected chi connectivity index (χ4v) is 3.21. The third kappa shape index (κ3) is 2.32. The number of rotatable bonds is 3. The normalized spacial score (nSPS) is 14.4. The molecule has 0 N–H and O–H groups in total. The van der Waals surface area contributed by atoms with Gasteiger partial charge < -0.3 is 0 Å². The molecule has 2 heteroatoms. The molecule has 0 radical (unpaired) electrons. The summed E-state index contributed by atoms with van der Waals surface area (Å²) < 4.78 is 2.08. The van der Waals surface area contributed by atoms with E-state index in [0.717, 1.165) is 12.8 Å². The summed E-state index contributed by atoms with van der Waals surface area (Å²) >= 11 is 0. The minimum atomic E-state index is 1.15. The average Bonchev–Trinajstić information content (AvgIpc) is 2.75. The number of aryl methyl sites for hydroxylation is 3. The molecule has 0 spiro atoms. The largest absolute Gasteiger partial charge is 0.267 e. The van der Waals surface area contributed by atoms with Gasteiger partial charge in [-0.2, -0.15) is 5.10 Å². The van der Waals surface area contributed by atoms with Gasteiger partial charge >= 0.3 is 0 Å². The molecule has 2 nitrogen and oxygen atoms in total. The van der Waals surface area contributed by atoms with Crippen molar-refractivity contribution in [3.05, 3.63) is 41.1 Å². The second-order valence-electron chi connectivity index (χ2n) is 5.55. The fourth-order valence-electron chi connectivity index (χ4n) is 3.21. The van der Waals surface area contributed by atoms with E-state index in [1.54, 1.807) is 0 Å². The first-order valence-electron chi connectivity index (χ1n) is 7.43. The van der Waals surface area contributed by atoms with Crippen molar-refractivity contribution in [2.45, 2.75) is 45.4 Å². The molecule has 0 amide bonds. The fraction of sp³-hybridized carbons (Fsp3) is 0.471. The maximum Gasteiger partial charge on any atom is 0.0713 e. The molecule has 100 valence electrons. The van der Waals surface area contributed by atoms with Crippen LogP contribution in [0.3, 0.4) is 0 Å². The molecule has 0 saturated carbocycles. The lowest BCUT2D eigenvalue weighted by Gasteiger charge is -2.12. The van der Waals surface area contributed by atoms with Gasteiger partial charge in [0.15, 0.2) is 0 Å². The lowest BCUT2D eigenvalue weighted by Crippen LogP contribution is -2.01. The van der Waals surface area contributed by atoms with Crippen LogP contribution in [-0.2, 0) is 26.3 Å². The van der Waals surface area contributed by atoms with Crippen LogP contribution in [0, 0.1) is 0 Å². The molecule has 1 aromatic heterocycles. The van der Waals surface area contributed by atoms with Gasteiger partial charge in [0.25, 0.3) is 0 Å². The zero-order valence-corrected chi connectivity index (χ0v) is 11.9. The molecule has 0 fully saturated rings. The molecule has 0 aliphatic heterocycles. The summed E-state index contributed by atoms with van der Waals surface area (Å²) in [5.41, 5.74) is 6.93. The Balaban J connectivity index is 2.06. The van der Waals surface area contributed by atoms with Gasteiger partial charge in [-0.1, -0.05) is 31.5 Å². The van der Waals surface area contributed by atoms with E-state index in [4.69, 9.17) is 5.10 Å². The first-order valence-corrected chi connectivity index (χ1v) is 7.43. The zero-order valence-electron chi connectivity index (χ0n) is 11.9. The van der Waals surface area contributed by atoms with Gasteiger partial charge in [0.2, 0.25) is 0 Å². The molecule has 0 saturated heterocycles. The van der Waals surface area contributed by atoms with Crippen LogP contribution in [0.1, 0.15) is 43.0 Å². The van der Waals surface area contributed by atoms with Gasteiger partial charge in [-0.25, -0.2) is 0 Å². The smallest absolute Gasteiger partial charge is 0.0713 e. The van der Waals surface area contributed by atoms with E-state index in [1.165, 1.54) is 53.8 Å². The van der Waals surface area contributed by atoms with E-state index >= 15 is 0 Å². The van der Waals surface area contributed by atoms with E-state index in [9.17, 15) is 0 Å². The lowest BCUT2D eigenvalue weighted by molar-refractivity contribution is 0.664. The Morgan fingerprint density at radius 3 is 2.89 bits per heavy atom. The summed E-state index contributed by atoms with van der Waals surface area (Å²) in [6, 6.07) is 8.98. The molecule has 1 aliphatic rings. The summed E-state index contributed by atoms with van der Waals surface area (Å²) in [6.07, 6.45) is 7.30. The van der Waals surface area contributed by atoms with Crippen LogP contribution in [-0.4, -0.2) is 9.78 Å². The Morgan fingerprint density at radius 2 is 2.05 bits per heavy atom. The van der Waals surface area contributed by atoms with Crippen LogP contribution in [0.25, 0.3) is 11.3 Å². The average molecular weight is 254 g/mol. The first-order chi connectivity index (χ1) is 9.29. The SMILES string of the molecule is CCCc1cccc(-c2c3c(nn2C)CCCC3)c1. The Hall–Kier alpha value is -1.57. The van der Waals surface area contributed by atoms with Crippen LogP contribution < -0.4 is 0 Å². The summed E-state index contributed by atoms with van der Waals surface area (Å²) in [5, 5.41) is 4.72. The Morgan fingerprint density at radius 1 is 1.21 bits per heavy atom. The van der Waals surface area contributed by atoms with Gasteiger partial charge in [0, 0.05) is 18.2 Å². The Bertz CT molecular complexity index is 581. The number of hydrogen-bond acceptors (Lipinski definition) is 1. The number of fused-ring (bicyclic) bond motifs is 1. The van der Waals surface area contributed by atoms with E-state index in [-0.39, 0.29) is 0 Å². The van der Waals surface area contributed by atoms with E-state index in [2.05, 4.69) is 42.9 Å². The maximum atomic E-state index is 4.72. The minimum absolute atomic E-state index is 1.15. The highest BCUT2D eigenvalue weighted by Crippen LogP contribution is 2.31. The van der Waals surface area contributed by atoms with Crippen molar-refractivity contribution in [2.24, 2.45) is 7.05 Å². The lowest BCUT2D eigenvalue weighted by atomic mass is 9.93. The predicted octanol–water partition coefficient (Wildman–Crippen LogP) is 3.92. The van der Waals surface area contributed by atoms with Crippen molar-refractivity contribution in [1.29, 1.82) is 0 Å². The van der Waals surface area contributed by atoms with Crippen LogP contribution in [0.5, 0.6) is 0 Å². The Kier molecular flexibility index (Phi) is 3.41. The van der Waals surface area contributed by atoms with Gasteiger partial charge in [-0.3, -0.25) is 4.68 Å². The van der Waals surface area contributed by atoms with Crippen molar-refractivity contribution < 1.29 is 0 Å². The standard InChI is InChI=1S/C17H22N2/c1-3-7-13-8-6-9-14(12-13)17-15-10-4-5-11-16(15)18-19(17)2/h6,8-9,12H,3-5,7,10-11H2,1-2H3. The van der Waals surface area contributed by atoms with E-state index < -0.39 is 0 Å². The summed E-state index contributed by atoms with van der Waals surface area (Å²) in [5.74, 6) is 0. The second kappa shape index (κ2) is 5.20. The summed E-state index contributed by atoms with van der Waals surface area (Å²) in [4.78, 5) is 0. The van der Waals surface area contributed by atoms with Crippen LogP contribution in [0.2, 0.25) is 0 Å². The summed E-state index contributed by atoms with van der Waals surface area (Å²) in [6.45, 7) is 2.23. The molecular formula is C17H22N2. The topological polar surface area (TPSA) is 17.8 Å². The van der Waals surface area contributed by atoms with E-state index in [0.29, 0.717) is 0 Å². The second-order valence-corrected chi connectivity index (χ2v) is 5.55. The van der Waals surface area contributed by atoms with Crippen molar-refractivity contribution >= 4 is 0 Å². The molecule has 3 rings (SSSR count). The highest BCUT2D eigenvalue weighted by molar-refractivity contribution is 5.66. The van der Waals surface area contributed by atoms with Crippen molar-refractivity contribution in [3.8, 4) is 11.3 Å². The molecule has 0 bridgehead atoms. The zero-order chi connectivity index (χ0) is 13.2. The summed E-state index contributed by atoms with van der Waals surface area (Å²) in [7, 11) is 2.08. The molecule has 0 unspecified atom stereocenters.